The molecule has 0 unspecified atom stereocenters. The van der Waals surface area contributed by atoms with Crippen molar-refractivity contribution in [3.63, 3.8) is 0 Å². The number of rotatable bonds is 1. The van der Waals surface area contributed by atoms with Crippen LogP contribution in [0.4, 0.5) is 0 Å². The Hall–Kier alpha value is -3.35. The van der Waals surface area contributed by atoms with Crippen LogP contribution in [-0.4, -0.2) is 0 Å². The molecule has 3 heteroatoms. The molecule has 1 fully saturated rings. The van der Waals surface area contributed by atoms with Gasteiger partial charge in [0, 0.05) is 11.3 Å². The van der Waals surface area contributed by atoms with Crippen LogP contribution in [-0.2, 0) is 5.41 Å². The molecule has 0 amide bonds. The Balaban J connectivity index is 1.83. The van der Waals surface area contributed by atoms with Crippen LogP contribution in [0.25, 0.3) is 0 Å². The fourth-order valence-corrected chi connectivity index (χ4v) is 5.91. The Morgan fingerprint density at radius 2 is 1.52 bits per heavy atom. The number of benzene rings is 2. The van der Waals surface area contributed by atoms with E-state index in [1.165, 1.54) is 5.56 Å². The second-order valence-corrected chi connectivity index (χ2v) is 8.06. The van der Waals surface area contributed by atoms with E-state index in [4.69, 9.17) is 0 Å². The van der Waals surface area contributed by atoms with Crippen LogP contribution in [0.2, 0.25) is 0 Å². The van der Waals surface area contributed by atoms with Gasteiger partial charge in [-0.2, -0.15) is 15.8 Å². The predicted octanol–water partition coefficient (Wildman–Crippen LogP) is 4.59. The maximum Gasteiger partial charge on any atom is 0.145 e. The molecule has 0 saturated heterocycles. The summed E-state index contributed by atoms with van der Waals surface area (Å²) in [5.74, 6) is 0.135. The van der Waals surface area contributed by atoms with Crippen LogP contribution in [0.15, 0.2) is 66.7 Å². The summed E-state index contributed by atoms with van der Waals surface area (Å²) in [6.07, 6.45) is 5.04. The van der Waals surface area contributed by atoms with E-state index in [-0.39, 0.29) is 11.8 Å². The molecule has 2 aromatic rings. The van der Waals surface area contributed by atoms with Crippen LogP contribution < -0.4 is 0 Å². The van der Waals surface area contributed by atoms with E-state index >= 15 is 0 Å². The first-order valence-electron chi connectivity index (χ1n) is 9.24. The number of hydrogen-bond acceptors (Lipinski definition) is 3. The lowest BCUT2D eigenvalue weighted by Crippen LogP contribution is -2.56. The highest BCUT2D eigenvalue weighted by atomic mass is 14.7. The normalized spacial score (nSPS) is 34.0. The van der Waals surface area contributed by atoms with Crippen molar-refractivity contribution < 1.29 is 0 Å². The van der Waals surface area contributed by atoms with Crippen molar-refractivity contribution in [3.8, 4) is 18.2 Å². The fraction of sp³-hybridized carbons (Fsp3) is 0.292. The van der Waals surface area contributed by atoms with E-state index in [1.54, 1.807) is 0 Å². The number of fused-ring (bicyclic) bond motifs is 2. The largest absolute Gasteiger partial charge is 0.197 e. The number of nitrogens with zero attached hydrogens (tertiary/aromatic N) is 3. The van der Waals surface area contributed by atoms with E-state index in [0.717, 1.165) is 11.1 Å². The first-order valence-corrected chi connectivity index (χ1v) is 9.24. The summed E-state index contributed by atoms with van der Waals surface area (Å²) in [5.41, 5.74) is 1.14. The first kappa shape index (κ1) is 15.9. The molecular formula is C24H17N3. The maximum absolute atomic E-state index is 10.3. The van der Waals surface area contributed by atoms with E-state index in [0.29, 0.717) is 12.8 Å². The molecule has 5 rings (SSSR count). The molecule has 0 bridgehead atoms. The Morgan fingerprint density at radius 1 is 0.815 bits per heavy atom. The third kappa shape index (κ3) is 1.69. The third-order valence-electron chi connectivity index (χ3n) is 7.08. The van der Waals surface area contributed by atoms with Gasteiger partial charge < -0.3 is 0 Å². The van der Waals surface area contributed by atoms with Crippen LogP contribution in [0.5, 0.6) is 0 Å². The topological polar surface area (TPSA) is 71.4 Å². The van der Waals surface area contributed by atoms with Crippen molar-refractivity contribution in [1.29, 1.82) is 15.8 Å². The SMILES string of the molecule is N#CC1(C#N)C[C@@H]2[C@@H](c3ccccc3)c3ccccc3[C@]3(C#N)C=C[C@]23C1. The zero-order valence-electron chi connectivity index (χ0n) is 14.8. The molecule has 2 aromatic carbocycles. The summed E-state index contributed by atoms with van der Waals surface area (Å²) in [4.78, 5) is 0. The molecule has 0 aliphatic heterocycles. The molecule has 128 valence electrons. The quantitative estimate of drug-likeness (QED) is 0.708. The molecule has 0 aromatic heterocycles. The summed E-state index contributed by atoms with van der Waals surface area (Å²) in [6.45, 7) is 0. The number of nitriles is 3. The minimum absolute atomic E-state index is 0.0544. The highest BCUT2D eigenvalue weighted by molar-refractivity contribution is 5.62. The Morgan fingerprint density at radius 3 is 2.15 bits per heavy atom. The zero-order chi connectivity index (χ0) is 18.7. The standard InChI is InChI=1S/C24H17N3/c25-14-22(15-26)12-20-21(17-6-2-1-3-7-17)18-8-4-5-9-19(18)24(16-27)11-10-23(20,24)13-22/h1-11,20-21H,12-13H2/t20-,21+,23+,24-/m1/s1. The first-order chi connectivity index (χ1) is 13.2. The molecule has 1 saturated carbocycles. The minimum Gasteiger partial charge on any atom is -0.197 e. The maximum atomic E-state index is 10.3. The summed E-state index contributed by atoms with van der Waals surface area (Å²) in [6, 6.07) is 25.7. The molecular weight excluding hydrogens is 330 g/mol. The molecule has 27 heavy (non-hydrogen) atoms. The monoisotopic (exact) mass is 347 g/mol. The van der Waals surface area contributed by atoms with Crippen LogP contribution in [0.1, 0.15) is 35.4 Å². The zero-order valence-corrected chi connectivity index (χ0v) is 14.8. The Kier molecular flexibility index (Phi) is 2.99. The lowest BCUT2D eigenvalue weighted by Gasteiger charge is -2.57. The van der Waals surface area contributed by atoms with E-state index in [1.807, 2.05) is 36.4 Å². The molecule has 0 N–H and O–H groups in total. The highest BCUT2D eigenvalue weighted by Crippen LogP contribution is 2.73. The Labute approximate surface area is 158 Å². The van der Waals surface area contributed by atoms with Gasteiger partial charge >= 0.3 is 0 Å². The van der Waals surface area contributed by atoms with Crippen molar-refractivity contribution in [2.24, 2.45) is 16.7 Å². The van der Waals surface area contributed by atoms with Crippen molar-refractivity contribution in [3.05, 3.63) is 83.4 Å². The van der Waals surface area contributed by atoms with Crippen molar-refractivity contribution in [1.82, 2.24) is 0 Å². The van der Waals surface area contributed by atoms with Gasteiger partial charge in [-0.25, -0.2) is 0 Å². The number of hydrogen-bond donors (Lipinski definition) is 0. The van der Waals surface area contributed by atoms with E-state index < -0.39 is 16.2 Å². The predicted molar refractivity (Wildman–Crippen MR) is 100.0 cm³/mol. The summed E-state index contributed by atoms with van der Waals surface area (Å²) >= 11 is 0. The van der Waals surface area contributed by atoms with Gasteiger partial charge in [0.25, 0.3) is 0 Å². The van der Waals surface area contributed by atoms with Gasteiger partial charge in [-0.3, -0.25) is 0 Å². The smallest absolute Gasteiger partial charge is 0.145 e. The van der Waals surface area contributed by atoms with Crippen LogP contribution in [0, 0.1) is 50.7 Å². The van der Waals surface area contributed by atoms with Gasteiger partial charge in [0.05, 0.1) is 18.2 Å². The second-order valence-electron chi connectivity index (χ2n) is 8.06. The second kappa shape index (κ2) is 5.09. The molecule has 0 radical (unpaired) electrons. The lowest BCUT2D eigenvalue weighted by molar-refractivity contribution is 0.131. The van der Waals surface area contributed by atoms with Gasteiger partial charge in [0.1, 0.15) is 10.8 Å². The number of allylic oxidation sites excluding steroid dienone is 2. The van der Waals surface area contributed by atoms with Crippen LogP contribution in [0.3, 0.4) is 0 Å². The highest BCUT2D eigenvalue weighted by Gasteiger charge is 2.71. The Bertz CT molecular complexity index is 1080. The fourth-order valence-electron chi connectivity index (χ4n) is 5.91. The van der Waals surface area contributed by atoms with Gasteiger partial charge in [0.15, 0.2) is 0 Å². The van der Waals surface area contributed by atoms with E-state index in [2.05, 4.69) is 48.5 Å². The van der Waals surface area contributed by atoms with Crippen molar-refractivity contribution >= 4 is 0 Å². The van der Waals surface area contributed by atoms with Crippen LogP contribution >= 0.6 is 0 Å². The van der Waals surface area contributed by atoms with Crippen molar-refractivity contribution in [2.45, 2.75) is 24.2 Å². The molecule has 1 spiro atoms. The average Bonchev–Trinajstić information content (AvgIpc) is 3.08. The third-order valence-corrected chi connectivity index (χ3v) is 7.08. The summed E-state index contributed by atoms with van der Waals surface area (Å²) < 4.78 is 0. The lowest BCUT2D eigenvalue weighted by atomic mass is 9.43. The summed E-state index contributed by atoms with van der Waals surface area (Å²) in [7, 11) is 0. The molecule has 3 aliphatic carbocycles. The minimum atomic E-state index is -1.04. The van der Waals surface area contributed by atoms with Gasteiger partial charge in [-0.1, -0.05) is 66.7 Å². The average molecular weight is 347 g/mol. The molecule has 3 nitrogen and oxygen atoms in total. The van der Waals surface area contributed by atoms with Gasteiger partial charge in [-0.15, -0.1) is 0 Å². The molecule has 0 heterocycles. The van der Waals surface area contributed by atoms with E-state index in [9.17, 15) is 15.8 Å². The van der Waals surface area contributed by atoms with Crippen molar-refractivity contribution in [2.75, 3.05) is 0 Å². The molecule has 4 atom stereocenters. The van der Waals surface area contributed by atoms with Gasteiger partial charge in [-0.05, 0) is 35.4 Å². The van der Waals surface area contributed by atoms with Gasteiger partial charge in [0.2, 0.25) is 0 Å². The summed E-state index contributed by atoms with van der Waals surface area (Å²) in [5, 5.41) is 29.9. The molecule has 3 aliphatic rings.